The highest BCUT2D eigenvalue weighted by Crippen LogP contribution is 2.66. The fourth-order valence-electron chi connectivity index (χ4n) is 11.6. The molecule has 1 heteroatoms. The van der Waals surface area contributed by atoms with Crippen LogP contribution in [0.3, 0.4) is 0 Å². The van der Waals surface area contributed by atoms with Gasteiger partial charge in [-0.3, -0.25) is 0 Å². The molecule has 6 aliphatic carbocycles. The highest BCUT2D eigenvalue weighted by atomic mass is 28.3. The smallest absolute Gasteiger partial charge is 0.0553 e. The molecule has 0 heterocycles. The van der Waals surface area contributed by atoms with E-state index in [1.807, 2.05) is 0 Å². The third kappa shape index (κ3) is 4.16. The maximum atomic E-state index is 2.89. The predicted octanol–water partition coefficient (Wildman–Crippen LogP) is 11.4. The number of hydrogen-bond donors (Lipinski definition) is 0. The average molecular weight is 545 g/mol. The monoisotopic (exact) mass is 544 g/mol. The highest BCUT2D eigenvalue weighted by Gasteiger charge is 2.58. The Kier molecular flexibility index (Phi) is 6.25. The van der Waals surface area contributed by atoms with Gasteiger partial charge >= 0.3 is 0 Å². The summed E-state index contributed by atoms with van der Waals surface area (Å²) < 4.78 is 0. The maximum Gasteiger partial charge on any atom is 0.0553 e. The van der Waals surface area contributed by atoms with Crippen LogP contribution in [0.5, 0.6) is 0 Å². The summed E-state index contributed by atoms with van der Waals surface area (Å²) in [5, 5.41) is 0. The molecule has 0 bridgehead atoms. The van der Waals surface area contributed by atoms with E-state index in [0.29, 0.717) is 21.7 Å². The lowest BCUT2D eigenvalue weighted by molar-refractivity contribution is 0.250. The Bertz CT molecular complexity index is 1070. The van der Waals surface area contributed by atoms with Crippen LogP contribution >= 0.6 is 0 Å². The highest BCUT2D eigenvalue weighted by molar-refractivity contribution is 6.80. The molecule has 0 nitrogen and oxygen atoms in total. The van der Waals surface area contributed by atoms with E-state index >= 15 is 0 Å². The van der Waals surface area contributed by atoms with Crippen molar-refractivity contribution < 1.29 is 0 Å². The molecular weight excluding hydrogens is 485 g/mol. The minimum Gasteiger partial charge on any atom is -0.0768 e. The second-order valence-corrected chi connectivity index (χ2v) is 23.6. The number of allylic oxidation sites excluding steroid dienone is 8. The first-order chi connectivity index (χ1) is 17.9. The molecule has 0 saturated heterocycles. The first-order valence-corrected chi connectivity index (χ1v) is 19.9. The topological polar surface area (TPSA) is 0 Å². The van der Waals surface area contributed by atoms with Crippen LogP contribution in [0.1, 0.15) is 108 Å². The Morgan fingerprint density at radius 3 is 1.10 bits per heavy atom. The summed E-state index contributed by atoms with van der Waals surface area (Å²) in [5.41, 5.74) is 10.1. The number of hydrogen-bond acceptors (Lipinski definition) is 0. The molecule has 6 rings (SSSR count). The van der Waals surface area contributed by atoms with Crippen LogP contribution < -0.4 is 0 Å². The van der Waals surface area contributed by atoms with Crippen molar-refractivity contribution in [2.45, 2.75) is 132 Å². The summed E-state index contributed by atoms with van der Waals surface area (Å²) in [6.07, 6.45) is 19.6. The van der Waals surface area contributed by atoms with Crippen molar-refractivity contribution in [3.63, 3.8) is 0 Å². The van der Waals surface area contributed by atoms with Gasteiger partial charge in [-0.15, -0.1) is 0 Å². The lowest BCUT2D eigenvalue weighted by Gasteiger charge is -2.50. The van der Waals surface area contributed by atoms with Crippen molar-refractivity contribution in [3.8, 4) is 0 Å². The zero-order valence-corrected chi connectivity index (χ0v) is 28.7. The molecule has 4 fully saturated rings. The predicted molar refractivity (Wildman–Crippen MR) is 172 cm³/mol. The first-order valence-electron chi connectivity index (χ1n) is 16.8. The average Bonchev–Trinajstić information content (AvgIpc) is 3.33. The molecule has 0 aromatic carbocycles. The first kappa shape index (κ1) is 28.3. The van der Waals surface area contributed by atoms with Crippen molar-refractivity contribution in [1.29, 1.82) is 0 Å². The van der Waals surface area contributed by atoms with Gasteiger partial charge in [0.2, 0.25) is 0 Å². The van der Waals surface area contributed by atoms with Gasteiger partial charge in [-0.2, -0.15) is 0 Å². The molecule has 0 aromatic rings. The van der Waals surface area contributed by atoms with Crippen LogP contribution in [0.2, 0.25) is 24.2 Å². The Balaban J connectivity index is 1.38. The fraction of sp³-hybridized carbons (Fsp3) is 0.789. The molecule has 216 valence electrons. The third-order valence-corrected chi connectivity index (χ3v) is 19.1. The van der Waals surface area contributed by atoms with Crippen LogP contribution in [0.25, 0.3) is 0 Å². The summed E-state index contributed by atoms with van der Waals surface area (Å²) in [5.74, 6) is 4.77. The lowest BCUT2D eigenvalue weighted by atomic mass is 9.58. The third-order valence-electron chi connectivity index (χ3n) is 13.8. The van der Waals surface area contributed by atoms with Crippen LogP contribution in [0.15, 0.2) is 46.6 Å². The van der Waals surface area contributed by atoms with Crippen LogP contribution in [-0.2, 0) is 0 Å². The van der Waals surface area contributed by atoms with Gasteiger partial charge in [-0.25, -0.2) is 0 Å². The molecule has 8 unspecified atom stereocenters. The van der Waals surface area contributed by atoms with E-state index in [2.05, 4.69) is 107 Å². The van der Waals surface area contributed by atoms with Crippen molar-refractivity contribution in [2.75, 3.05) is 0 Å². The Labute approximate surface area is 243 Å². The van der Waals surface area contributed by atoms with Gasteiger partial charge in [-0.05, 0) is 129 Å². The van der Waals surface area contributed by atoms with Crippen LogP contribution in [-0.4, -0.2) is 8.07 Å². The molecule has 0 aromatic heterocycles. The molecule has 0 spiro atoms. The van der Waals surface area contributed by atoms with Crippen molar-refractivity contribution >= 4 is 8.07 Å². The van der Waals surface area contributed by atoms with Gasteiger partial charge in [0.15, 0.2) is 0 Å². The SMILES string of the molecule is CC1CC2C=C3C(=CC2C1[Si](C)(C)C1C(C)CC2C=C4C(=CC21)C(C)(C)CCC4(C)C)C(C)(C)CCC3(C)C. The minimum absolute atomic E-state index is 0.328. The normalized spacial score (nSPS) is 43.2. The molecule has 0 aliphatic heterocycles. The Morgan fingerprint density at radius 1 is 0.513 bits per heavy atom. The molecule has 8 atom stereocenters. The van der Waals surface area contributed by atoms with Gasteiger partial charge in [0.25, 0.3) is 0 Å². The van der Waals surface area contributed by atoms with E-state index < -0.39 is 8.07 Å². The minimum atomic E-state index is -1.60. The number of fused-ring (bicyclic) bond motifs is 4. The van der Waals surface area contributed by atoms with Gasteiger partial charge in [-0.1, -0.05) is 107 Å². The van der Waals surface area contributed by atoms with E-state index in [4.69, 9.17) is 0 Å². The summed E-state index contributed by atoms with van der Waals surface area (Å²) in [4.78, 5) is 0. The van der Waals surface area contributed by atoms with E-state index in [-0.39, 0.29) is 0 Å². The zero-order chi connectivity index (χ0) is 28.5. The van der Waals surface area contributed by atoms with Gasteiger partial charge in [0.1, 0.15) is 0 Å². The molecule has 6 aliphatic rings. The van der Waals surface area contributed by atoms with Gasteiger partial charge < -0.3 is 0 Å². The van der Waals surface area contributed by atoms with Crippen molar-refractivity contribution in [1.82, 2.24) is 0 Å². The quantitative estimate of drug-likeness (QED) is 0.303. The van der Waals surface area contributed by atoms with Crippen LogP contribution in [0, 0.1) is 57.2 Å². The zero-order valence-electron chi connectivity index (χ0n) is 27.7. The Hall–Kier alpha value is -0.823. The summed E-state index contributed by atoms with van der Waals surface area (Å²) in [6, 6.07) is 0. The molecular formula is C38H60Si. The maximum absolute atomic E-state index is 2.89. The largest absolute Gasteiger partial charge is 0.0768 e. The van der Waals surface area contributed by atoms with Crippen molar-refractivity contribution in [2.24, 2.45) is 57.2 Å². The second kappa shape index (κ2) is 8.61. The van der Waals surface area contributed by atoms with E-state index in [9.17, 15) is 0 Å². The summed E-state index contributed by atoms with van der Waals surface area (Å²) in [7, 11) is -1.60. The Morgan fingerprint density at radius 2 is 0.795 bits per heavy atom. The molecule has 4 saturated carbocycles. The van der Waals surface area contributed by atoms with E-state index in [0.717, 1.165) is 46.6 Å². The summed E-state index contributed by atoms with van der Waals surface area (Å²) in [6.45, 7) is 31.2. The summed E-state index contributed by atoms with van der Waals surface area (Å²) >= 11 is 0. The lowest BCUT2D eigenvalue weighted by Crippen LogP contribution is -2.46. The van der Waals surface area contributed by atoms with Crippen LogP contribution in [0.4, 0.5) is 0 Å². The number of rotatable bonds is 2. The van der Waals surface area contributed by atoms with E-state index in [1.165, 1.54) is 38.5 Å². The molecule has 0 radical (unpaired) electrons. The standard InChI is InChI=1S/C38H60Si/c1-23-17-25-19-29-31(37(7,8)15-13-35(29,3)4)21-27(25)33(23)39(11,12)34-24(2)18-26-20-30-32(22-28(26)34)38(9,10)16-14-36(30,5)6/h19-28,33-34H,13-18H2,1-12H3. The molecule has 0 N–H and O–H groups in total. The van der Waals surface area contributed by atoms with Gasteiger partial charge in [0.05, 0.1) is 8.07 Å². The van der Waals surface area contributed by atoms with E-state index in [1.54, 1.807) is 22.3 Å². The van der Waals surface area contributed by atoms with Crippen molar-refractivity contribution in [3.05, 3.63) is 46.6 Å². The second-order valence-electron chi connectivity index (χ2n) is 18.6. The molecule has 39 heavy (non-hydrogen) atoms. The molecule has 0 amide bonds. The van der Waals surface area contributed by atoms with Gasteiger partial charge in [0, 0.05) is 0 Å². The fourth-order valence-corrected chi connectivity index (χ4v) is 17.9.